The van der Waals surface area contributed by atoms with Crippen molar-refractivity contribution in [2.24, 2.45) is 11.3 Å². The molecule has 0 amide bonds. The Balaban J connectivity index is 2.58. The van der Waals surface area contributed by atoms with Crippen molar-refractivity contribution in [3.63, 3.8) is 0 Å². The lowest BCUT2D eigenvalue weighted by Gasteiger charge is -2.19. The fourth-order valence-corrected chi connectivity index (χ4v) is 1.21. The molecule has 1 unspecified atom stereocenters. The minimum absolute atomic E-state index is 0.0319. The molecule has 0 aliphatic carbocycles. The molecule has 0 aromatic carbocycles. The van der Waals surface area contributed by atoms with E-state index < -0.39 is 0 Å². The van der Waals surface area contributed by atoms with Crippen molar-refractivity contribution in [2.45, 2.75) is 33.6 Å². The van der Waals surface area contributed by atoms with Gasteiger partial charge in [-0.3, -0.25) is 4.79 Å². The highest BCUT2D eigenvalue weighted by molar-refractivity contribution is 5.72. The number of hydrogen-bond donors (Lipinski definition) is 0. The summed E-state index contributed by atoms with van der Waals surface area (Å²) in [5, 5.41) is 0. The van der Waals surface area contributed by atoms with Crippen molar-refractivity contribution in [1.82, 2.24) is 0 Å². The molecule has 1 rings (SSSR count). The van der Waals surface area contributed by atoms with Crippen LogP contribution in [-0.2, 0) is 9.53 Å². The maximum atomic E-state index is 11.1. The second-order valence-corrected chi connectivity index (χ2v) is 4.21. The number of esters is 1. The summed E-state index contributed by atoms with van der Waals surface area (Å²) in [6, 6.07) is 0. The molecular weight excluding hydrogens is 140 g/mol. The molecule has 0 aromatic rings. The molecule has 0 radical (unpaired) electrons. The second-order valence-electron chi connectivity index (χ2n) is 4.21. The smallest absolute Gasteiger partial charge is 0.308 e. The molecule has 11 heavy (non-hydrogen) atoms. The molecule has 0 N–H and O–H groups in total. The van der Waals surface area contributed by atoms with E-state index in [4.69, 9.17) is 4.74 Å². The lowest BCUT2D eigenvalue weighted by Crippen LogP contribution is -2.18. The lowest BCUT2D eigenvalue weighted by molar-refractivity contribution is -0.148. The zero-order chi connectivity index (χ0) is 8.48. The van der Waals surface area contributed by atoms with Crippen LogP contribution in [-0.4, -0.2) is 12.6 Å². The molecule has 1 aliphatic rings. The van der Waals surface area contributed by atoms with Crippen molar-refractivity contribution in [1.29, 1.82) is 0 Å². The van der Waals surface area contributed by atoms with E-state index in [1.165, 1.54) is 0 Å². The van der Waals surface area contributed by atoms with Gasteiger partial charge in [-0.1, -0.05) is 20.8 Å². The van der Waals surface area contributed by atoms with E-state index in [0.29, 0.717) is 6.61 Å². The summed E-state index contributed by atoms with van der Waals surface area (Å²) in [6.45, 7) is 6.79. The van der Waals surface area contributed by atoms with E-state index in [-0.39, 0.29) is 17.3 Å². The zero-order valence-electron chi connectivity index (χ0n) is 7.52. The second kappa shape index (κ2) is 2.84. The van der Waals surface area contributed by atoms with E-state index in [1.54, 1.807) is 0 Å². The highest BCUT2D eigenvalue weighted by Crippen LogP contribution is 2.29. The van der Waals surface area contributed by atoms with Gasteiger partial charge in [-0.2, -0.15) is 0 Å². The molecule has 2 heteroatoms. The van der Waals surface area contributed by atoms with Crippen LogP contribution in [0.5, 0.6) is 0 Å². The molecule has 1 heterocycles. The molecule has 0 spiro atoms. The Kier molecular flexibility index (Phi) is 2.21. The monoisotopic (exact) mass is 156 g/mol. The summed E-state index contributed by atoms with van der Waals surface area (Å²) in [6.07, 6.45) is 2.05. The van der Waals surface area contributed by atoms with Crippen LogP contribution in [0, 0.1) is 11.3 Å². The van der Waals surface area contributed by atoms with Gasteiger partial charge in [-0.25, -0.2) is 0 Å². The highest BCUT2D eigenvalue weighted by atomic mass is 16.5. The molecule has 0 saturated carbocycles. The Morgan fingerprint density at radius 2 is 2.18 bits per heavy atom. The van der Waals surface area contributed by atoms with Gasteiger partial charge in [0, 0.05) is 0 Å². The summed E-state index contributed by atoms with van der Waals surface area (Å²) in [5.74, 6) is 0.0624. The van der Waals surface area contributed by atoms with Crippen LogP contribution in [0.2, 0.25) is 0 Å². The van der Waals surface area contributed by atoms with E-state index in [9.17, 15) is 4.79 Å². The van der Waals surface area contributed by atoms with Gasteiger partial charge in [0.2, 0.25) is 0 Å². The SMILES string of the molecule is CC1CCC(C)(C)COC1=O. The third kappa shape index (κ3) is 2.21. The normalized spacial score (nSPS) is 30.8. The van der Waals surface area contributed by atoms with Crippen LogP contribution in [0.4, 0.5) is 0 Å². The summed E-state index contributed by atoms with van der Waals surface area (Å²) in [5.41, 5.74) is 0.181. The average molecular weight is 156 g/mol. The van der Waals surface area contributed by atoms with Crippen molar-refractivity contribution in [3.05, 3.63) is 0 Å². The Bertz CT molecular complexity index is 161. The van der Waals surface area contributed by atoms with Crippen LogP contribution < -0.4 is 0 Å². The first-order chi connectivity index (χ1) is 5.01. The number of hydrogen-bond acceptors (Lipinski definition) is 2. The third-order valence-electron chi connectivity index (χ3n) is 2.26. The third-order valence-corrected chi connectivity index (χ3v) is 2.26. The van der Waals surface area contributed by atoms with Gasteiger partial charge >= 0.3 is 5.97 Å². The largest absolute Gasteiger partial charge is 0.465 e. The summed E-state index contributed by atoms with van der Waals surface area (Å²) < 4.78 is 5.09. The van der Waals surface area contributed by atoms with Gasteiger partial charge in [0.15, 0.2) is 0 Å². The van der Waals surface area contributed by atoms with E-state index in [2.05, 4.69) is 13.8 Å². The maximum Gasteiger partial charge on any atom is 0.308 e. The summed E-state index contributed by atoms with van der Waals surface area (Å²) in [4.78, 5) is 11.1. The van der Waals surface area contributed by atoms with Crippen molar-refractivity contribution < 1.29 is 9.53 Å². The predicted molar refractivity (Wildman–Crippen MR) is 43.1 cm³/mol. The zero-order valence-corrected chi connectivity index (χ0v) is 7.52. The number of carbonyl (C=O) groups excluding carboxylic acids is 1. The van der Waals surface area contributed by atoms with Crippen LogP contribution in [0.3, 0.4) is 0 Å². The Labute approximate surface area is 67.9 Å². The molecule has 1 saturated heterocycles. The van der Waals surface area contributed by atoms with E-state index in [1.807, 2.05) is 6.92 Å². The van der Waals surface area contributed by atoms with Crippen LogP contribution >= 0.6 is 0 Å². The predicted octanol–water partition coefficient (Wildman–Crippen LogP) is 1.99. The molecule has 1 fully saturated rings. The number of ether oxygens (including phenoxy) is 1. The minimum Gasteiger partial charge on any atom is -0.465 e. The first kappa shape index (κ1) is 8.57. The summed E-state index contributed by atoms with van der Waals surface area (Å²) >= 11 is 0. The van der Waals surface area contributed by atoms with E-state index in [0.717, 1.165) is 12.8 Å². The van der Waals surface area contributed by atoms with Gasteiger partial charge in [-0.05, 0) is 18.3 Å². The Morgan fingerprint density at radius 3 is 2.82 bits per heavy atom. The van der Waals surface area contributed by atoms with Crippen LogP contribution in [0.15, 0.2) is 0 Å². The molecule has 64 valence electrons. The molecule has 1 atom stereocenters. The van der Waals surface area contributed by atoms with Gasteiger partial charge in [0.1, 0.15) is 0 Å². The summed E-state index contributed by atoms with van der Waals surface area (Å²) in [7, 11) is 0. The van der Waals surface area contributed by atoms with Gasteiger partial charge in [0.05, 0.1) is 12.5 Å². The fourth-order valence-electron chi connectivity index (χ4n) is 1.21. The molecule has 0 aromatic heterocycles. The standard InChI is InChI=1S/C9H16O2/c1-7-4-5-9(2,3)6-11-8(7)10/h7H,4-6H2,1-3H3. The van der Waals surface area contributed by atoms with Gasteiger partial charge in [-0.15, -0.1) is 0 Å². The van der Waals surface area contributed by atoms with Crippen LogP contribution in [0.25, 0.3) is 0 Å². The molecule has 0 bridgehead atoms. The molecule has 1 aliphatic heterocycles. The molecule has 2 nitrogen and oxygen atoms in total. The average Bonchev–Trinajstić information content (AvgIpc) is 2.03. The van der Waals surface area contributed by atoms with Gasteiger partial charge in [0.25, 0.3) is 0 Å². The molecular formula is C9H16O2. The van der Waals surface area contributed by atoms with Crippen molar-refractivity contribution in [2.75, 3.05) is 6.61 Å². The maximum absolute atomic E-state index is 11.1. The highest BCUT2D eigenvalue weighted by Gasteiger charge is 2.28. The van der Waals surface area contributed by atoms with Crippen LogP contribution in [0.1, 0.15) is 33.6 Å². The minimum atomic E-state index is -0.0319. The fraction of sp³-hybridized carbons (Fsp3) is 0.889. The number of cyclic esters (lactones) is 1. The van der Waals surface area contributed by atoms with E-state index >= 15 is 0 Å². The lowest BCUT2D eigenvalue weighted by atomic mass is 9.87. The topological polar surface area (TPSA) is 26.3 Å². The van der Waals surface area contributed by atoms with Gasteiger partial charge < -0.3 is 4.74 Å². The van der Waals surface area contributed by atoms with Crippen molar-refractivity contribution in [3.8, 4) is 0 Å². The Hall–Kier alpha value is -0.530. The van der Waals surface area contributed by atoms with Crippen molar-refractivity contribution >= 4 is 5.97 Å². The quantitative estimate of drug-likeness (QED) is 0.501. The number of rotatable bonds is 0. The Morgan fingerprint density at radius 1 is 1.55 bits per heavy atom. The first-order valence-electron chi connectivity index (χ1n) is 4.18. The first-order valence-corrected chi connectivity index (χ1v) is 4.18. The number of carbonyl (C=O) groups is 1.